The van der Waals surface area contributed by atoms with Gasteiger partial charge in [-0.05, 0) is 25.8 Å². The summed E-state index contributed by atoms with van der Waals surface area (Å²) in [5, 5.41) is 90.7. The molecule has 15 heteroatoms. The Labute approximate surface area is 188 Å². The molecule has 0 aromatic carbocycles. The number of hydrogen-bond acceptors (Lipinski definition) is 14. The number of carbonyl (C=O) groups is 1. The second kappa shape index (κ2) is 11.1. The van der Waals surface area contributed by atoms with Crippen molar-refractivity contribution in [2.75, 3.05) is 19.8 Å². The SMILES string of the molecule is NCCCCC(N)(C(=O)O)[C@@]1(CO)O[C@@H](O[C@H]2[C@H](O)C(O)C(O)O[C@@H]2CO)[C@H](O)[C@@H](O)[C@H]1O. The predicted molar refractivity (Wildman–Crippen MR) is 105 cm³/mol. The zero-order valence-electron chi connectivity index (χ0n) is 17.8. The van der Waals surface area contributed by atoms with Crippen LogP contribution in [0.15, 0.2) is 0 Å². The largest absolute Gasteiger partial charge is 0.480 e. The second-order valence-electron chi connectivity index (χ2n) is 8.31. The van der Waals surface area contributed by atoms with Gasteiger partial charge >= 0.3 is 5.97 Å². The molecule has 0 aliphatic carbocycles. The lowest BCUT2D eigenvalue weighted by Gasteiger charge is -2.54. The van der Waals surface area contributed by atoms with Gasteiger partial charge in [0.05, 0.1) is 13.2 Å². The molecule has 3 unspecified atom stereocenters. The van der Waals surface area contributed by atoms with Gasteiger partial charge in [0, 0.05) is 0 Å². The topological polar surface area (TPSA) is 279 Å². The van der Waals surface area contributed by atoms with Crippen LogP contribution in [0.3, 0.4) is 0 Å². The molecule has 2 saturated heterocycles. The Balaban J connectivity index is 2.42. The fourth-order valence-electron chi connectivity index (χ4n) is 4.16. The zero-order chi connectivity index (χ0) is 25.1. The van der Waals surface area contributed by atoms with Crippen molar-refractivity contribution in [2.45, 2.75) is 85.7 Å². The number of aliphatic hydroxyl groups excluding tert-OH is 8. The molecular formula is C18H34N2O13. The molecule has 0 spiro atoms. The number of ether oxygens (including phenoxy) is 3. The molecule has 13 N–H and O–H groups in total. The van der Waals surface area contributed by atoms with Crippen LogP contribution in [0.1, 0.15) is 19.3 Å². The Hall–Kier alpha value is -1.05. The number of nitrogens with two attached hydrogens (primary N) is 2. The van der Waals surface area contributed by atoms with Gasteiger partial charge in [-0.2, -0.15) is 0 Å². The van der Waals surface area contributed by atoms with E-state index in [2.05, 4.69) is 0 Å². The summed E-state index contributed by atoms with van der Waals surface area (Å²) in [6.07, 6.45) is -17.0. The quantitative estimate of drug-likeness (QED) is 0.128. The molecule has 0 amide bonds. The summed E-state index contributed by atoms with van der Waals surface area (Å²) in [7, 11) is 0. The Morgan fingerprint density at radius 2 is 1.64 bits per heavy atom. The lowest BCUT2D eigenvalue weighted by Crippen LogP contribution is -2.80. The Bertz CT molecular complexity index is 657. The van der Waals surface area contributed by atoms with Crippen molar-refractivity contribution >= 4 is 5.97 Å². The normalized spacial score (nSPS) is 43.8. The number of aliphatic carboxylic acids is 1. The van der Waals surface area contributed by atoms with Crippen molar-refractivity contribution < 1.29 is 65.0 Å². The Kier molecular flexibility index (Phi) is 9.50. The van der Waals surface area contributed by atoms with Crippen LogP contribution in [0.2, 0.25) is 0 Å². The van der Waals surface area contributed by atoms with Crippen LogP contribution in [-0.2, 0) is 19.0 Å². The number of carboxylic acids is 1. The van der Waals surface area contributed by atoms with E-state index in [0.717, 1.165) is 0 Å². The van der Waals surface area contributed by atoms with Crippen molar-refractivity contribution in [1.29, 1.82) is 0 Å². The highest BCUT2D eigenvalue weighted by Gasteiger charge is 2.66. The molecule has 0 aromatic rings. The molecular weight excluding hydrogens is 452 g/mol. The molecule has 15 nitrogen and oxygen atoms in total. The fraction of sp³-hybridized carbons (Fsp3) is 0.944. The van der Waals surface area contributed by atoms with Gasteiger partial charge < -0.3 is 71.6 Å². The molecule has 0 aromatic heterocycles. The van der Waals surface area contributed by atoms with E-state index in [1.165, 1.54) is 0 Å². The lowest BCUT2D eigenvalue weighted by atomic mass is 9.70. The van der Waals surface area contributed by atoms with E-state index in [4.69, 9.17) is 25.7 Å². The van der Waals surface area contributed by atoms with E-state index in [1.54, 1.807) is 0 Å². The summed E-state index contributed by atoms with van der Waals surface area (Å²) >= 11 is 0. The number of unbranched alkanes of at least 4 members (excludes halogenated alkanes) is 1. The first-order chi connectivity index (χ1) is 15.4. The number of aliphatic hydroxyl groups is 8. The third kappa shape index (κ3) is 5.01. The number of hydrogen-bond donors (Lipinski definition) is 11. The maximum atomic E-state index is 12.1. The maximum absolute atomic E-state index is 12.1. The highest BCUT2D eigenvalue weighted by Crippen LogP contribution is 2.41. The number of carboxylic acid groups (broad SMARTS) is 1. The first-order valence-corrected chi connectivity index (χ1v) is 10.4. The fourth-order valence-corrected chi connectivity index (χ4v) is 4.16. The predicted octanol–water partition coefficient (Wildman–Crippen LogP) is -6.12. The molecule has 33 heavy (non-hydrogen) atoms. The smallest absolute Gasteiger partial charge is 0.326 e. The molecule has 2 fully saturated rings. The Morgan fingerprint density at radius 1 is 1.00 bits per heavy atom. The molecule has 2 rings (SSSR count). The van der Waals surface area contributed by atoms with Gasteiger partial charge in [0.25, 0.3) is 0 Å². The molecule has 0 radical (unpaired) electrons. The molecule has 0 bridgehead atoms. The molecule has 0 saturated carbocycles. The summed E-state index contributed by atoms with van der Waals surface area (Å²) in [6.45, 7) is -1.84. The van der Waals surface area contributed by atoms with Crippen LogP contribution in [0, 0.1) is 0 Å². The highest BCUT2D eigenvalue weighted by molar-refractivity contribution is 5.81. The average molecular weight is 486 g/mol. The molecule has 2 heterocycles. The second-order valence-corrected chi connectivity index (χ2v) is 8.31. The minimum atomic E-state index is -2.59. The summed E-state index contributed by atoms with van der Waals surface area (Å²) in [4.78, 5) is 12.1. The van der Waals surface area contributed by atoms with Gasteiger partial charge in [0.15, 0.2) is 18.2 Å². The van der Waals surface area contributed by atoms with Crippen LogP contribution in [0.4, 0.5) is 0 Å². The van der Waals surface area contributed by atoms with Gasteiger partial charge in [-0.15, -0.1) is 0 Å². The van der Waals surface area contributed by atoms with Crippen LogP contribution < -0.4 is 11.5 Å². The molecule has 2 aliphatic heterocycles. The average Bonchev–Trinajstić information content (AvgIpc) is 2.79. The highest BCUT2D eigenvalue weighted by atomic mass is 16.7. The van der Waals surface area contributed by atoms with E-state index in [0.29, 0.717) is 6.42 Å². The van der Waals surface area contributed by atoms with Crippen molar-refractivity contribution in [1.82, 2.24) is 0 Å². The minimum Gasteiger partial charge on any atom is -0.480 e. The molecule has 2 aliphatic rings. The third-order valence-corrected chi connectivity index (χ3v) is 6.28. The first kappa shape index (κ1) is 28.2. The van der Waals surface area contributed by atoms with E-state index in [9.17, 15) is 50.8 Å². The van der Waals surface area contributed by atoms with Crippen LogP contribution in [0.25, 0.3) is 0 Å². The maximum Gasteiger partial charge on any atom is 0.326 e. The van der Waals surface area contributed by atoms with Gasteiger partial charge in [0.1, 0.15) is 48.3 Å². The summed E-state index contributed by atoms with van der Waals surface area (Å²) in [5.74, 6) is -1.69. The summed E-state index contributed by atoms with van der Waals surface area (Å²) < 4.78 is 15.9. The monoisotopic (exact) mass is 486 g/mol. The first-order valence-electron chi connectivity index (χ1n) is 10.4. The standard InChI is InChI=1S/C18H34N2O13/c19-4-2-1-3-17(20,16(29)30)18(6-22)13(27)9(24)11(26)15(33-18)32-12-7(5-21)31-14(28)10(25)8(12)23/h7-15,21-28H,1-6,19-20H2,(H,29,30)/t7-,8-,9-,10?,11-,12-,13-,14?,15-,17?,18+/m1/s1. The van der Waals surface area contributed by atoms with Crippen molar-refractivity contribution in [3.05, 3.63) is 0 Å². The van der Waals surface area contributed by atoms with E-state index < -0.39 is 85.6 Å². The third-order valence-electron chi connectivity index (χ3n) is 6.28. The molecule has 194 valence electrons. The van der Waals surface area contributed by atoms with Crippen molar-refractivity contribution in [2.24, 2.45) is 11.5 Å². The van der Waals surface area contributed by atoms with Crippen LogP contribution in [-0.4, -0.2) is 138 Å². The zero-order valence-corrected chi connectivity index (χ0v) is 17.8. The van der Waals surface area contributed by atoms with Gasteiger partial charge in [-0.25, -0.2) is 0 Å². The minimum absolute atomic E-state index is 0.146. The van der Waals surface area contributed by atoms with E-state index >= 15 is 0 Å². The van der Waals surface area contributed by atoms with Gasteiger partial charge in [-0.1, -0.05) is 0 Å². The van der Waals surface area contributed by atoms with E-state index in [-0.39, 0.29) is 19.4 Å². The molecule has 11 atom stereocenters. The van der Waals surface area contributed by atoms with Gasteiger partial charge in [0.2, 0.25) is 0 Å². The van der Waals surface area contributed by atoms with Crippen molar-refractivity contribution in [3.63, 3.8) is 0 Å². The van der Waals surface area contributed by atoms with Gasteiger partial charge in [-0.3, -0.25) is 4.79 Å². The van der Waals surface area contributed by atoms with Crippen molar-refractivity contribution in [3.8, 4) is 0 Å². The van der Waals surface area contributed by atoms with Crippen LogP contribution >= 0.6 is 0 Å². The van der Waals surface area contributed by atoms with E-state index in [1.807, 2.05) is 0 Å². The summed E-state index contributed by atoms with van der Waals surface area (Å²) in [6, 6.07) is 0. The number of rotatable bonds is 10. The summed E-state index contributed by atoms with van der Waals surface area (Å²) in [5.41, 5.74) is 6.44. The Morgan fingerprint density at radius 3 is 2.15 bits per heavy atom. The van der Waals surface area contributed by atoms with Crippen LogP contribution in [0.5, 0.6) is 0 Å². The lowest BCUT2D eigenvalue weighted by molar-refractivity contribution is -0.382.